The number of likely N-dealkylation sites (tertiary alicyclic amines) is 1. The summed E-state index contributed by atoms with van der Waals surface area (Å²) < 4.78 is 0. The number of aliphatic hydroxyl groups excluding tert-OH is 2. The molecule has 3 aliphatic rings. The lowest BCUT2D eigenvalue weighted by atomic mass is 9.88. The molecule has 176 valence electrons. The third-order valence-electron chi connectivity index (χ3n) is 7.60. The monoisotopic (exact) mass is 455 g/mol. The highest BCUT2D eigenvalue weighted by Crippen LogP contribution is 2.48. The minimum absolute atomic E-state index is 0.174. The Morgan fingerprint density at radius 2 is 2.03 bits per heavy atom. The van der Waals surface area contributed by atoms with Crippen molar-refractivity contribution < 1.29 is 10.2 Å². The largest absolute Gasteiger partial charge is 0.392 e. The number of aryl methyl sites for hydroxylation is 1. The molecule has 2 aliphatic carbocycles. The molecule has 4 heteroatoms. The van der Waals surface area contributed by atoms with E-state index in [9.17, 15) is 10.2 Å². The lowest BCUT2D eigenvalue weighted by molar-refractivity contribution is 0.140. The second-order valence-corrected chi connectivity index (χ2v) is 11.4. The Morgan fingerprint density at radius 3 is 2.84 bits per heavy atom. The van der Waals surface area contributed by atoms with Gasteiger partial charge >= 0.3 is 0 Å². The van der Waals surface area contributed by atoms with Crippen LogP contribution in [0.25, 0.3) is 0 Å². The summed E-state index contributed by atoms with van der Waals surface area (Å²) in [7, 11) is 0. The van der Waals surface area contributed by atoms with E-state index >= 15 is 0 Å². The van der Waals surface area contributed by atoms with Crippen molar-refractivity contribution in [2.75, 3.05) is 31.1 Å². The molecular formula is C28H41NO2S. The first-order valence-electron chi connectivity index (χ1n) is 12.7. The Balaban J connectivity index is 1.19. The Kier molecular flexibility index (Phi) is 8.93. The maximum absolute atomic E-state index is 10.6. The second kappa shape index (κ2) is 11.9. The quantitative estimate of drug-likeness (QED) is 0.385. The van der Waals surface area contributed by atoms with E-state index in [4.69, 9.17) is 0 Å². The van der Waals surface area contributed by atoms with Crippen LogP contribution in [0.2, 0.25) is 0 Å². The Labute approximate surface area is 199 Å². The first-order chi connectivity index (χ1) is 15.6. The van der Waals surface area contributed by atoms with Crippen molar-refractivity contribution >= 4 is 11.8 Å². The number of allylic oxidation sites excluding steroid dienone is 2. The molecule has 2 fully saturated rings. The first-order valence-corrected chi connectivity index (χ1v) is 13.8. The Morgan fingerprint density at radius 1 is 1.19 bits per heavy atom. The summed E-state index contributed by atoms with van der Waals surface area (Å²) in [4.78, 5) is 2.63. The smallest absolute Gasteiger partial charge is 0.0761 e. The number of thioether (sulfide) groups is 1. The van der Waals surface area contributed by atoms with Crippen molar-refractivity contribution in [3.8, 4) is 0 Å². The van der Waals surface area contributed by atoms with Gasteiger partial charge in [0.15, 0.2) is 0 Å². The van der Waals surface area contributed by atoms with Crippen LogP contribution in [0.15, 0.2) is 48.1 Å². The van der Waals surface area contributed by atoms with Gasteiger partial charge in [-0.25, -0.2) is 0 Å². The van der Waals surface area contributed by atoms with Gasteiger partial charge in [0.2, 0.25) is 0 Å². The van der Waals surface area contributed by atoms with E-state index in [1.54, 1.807) is 5.57 Å². The molecule has 0 spiro atoms. The Bertz CT molecular complexity index is 785. The van der Waals surface area contributed by atoms with Gasteiger partial charge in [0, 0.05) is 24.6 Å². The molecule has 0 amide bonds. The lowest BCUT2D eigenvalue weighted by Gasteiger charge is -2.26. The molecule has 3 nitrogen and oxygen atoms in total. The van der Waals surface area contributed by atoms with Crippen molar-refractivity contribution in [3.63, 3.8) is 0 Å². The van der Waals surface area contributed by atoms with E-state index in [1.807, 2.05) is 12.1 Å². The van der Waals surface area contributed by atoms with Gasteiger partial charge in [-0.3, -0.25) is 0 Å². The van der Waals surface area contributed by atoms with E-state index in [0.717, 1.165) is 18.4 Å². The molecule has 5 atom stereocenters. The number of aliphatic hydroxyl groups is 2. The minimum atomic E-state index is -0.492. The van der Waals surface area contributed by atoms with Gasteiger partial charge in [-0.1, -0.05) is 60.1 Å². The summed E-state index contributed by atoms with van der Waals surface area (Å²) in [6, 6.07) is 8.33. The van der Waals surface area contributed by atoms with Gasteiger partial charge in [-0.2, -0.15) is 11.8 Å². The van der Waals surface area contributed by atoms with Crippen LogP contribution in [0.5, 0.6) is 0 Å². The zero-order chi connectivity index (χ0) is 22.3. The molecule has 0 aromatic heterocycles. The fourth-order valence-corrected chi connectivity index (χ4v) is 6.88. The molecule has 1 aromatic rings. The van der Waals surface area contributed by atoms with Crippen LogP contribution in [0.1, 0.15) is 49.7 Å². The van der Waals surface area contributed by atoms with Crippen LogP contribution in [0.3, 0.4) is 0 Å². The molecular weight excluding hydrogens is 414 g/mol. The molecule has 4 rings (SSSR count). The summed E-state index contributed by atoms with van der Waals surface area (Å²) in [6.45, 7) is 5.93. The number of benzene rings is 1. The number of rotatable bonds is 10. The molecule has 1 heterocycles. The Hall–Kier alpha value is -1.07. The zero-order valence-corrected chi connectivity index (χ0v) is 20.5. The SMILES string of the molecule is Cc1cccc(C[C@H](O)C=C[C@@H]2[C@H]3CC(CCSCCN4CCCCC4)=C[C@H]3C[C@H]2O)c1. The molecule has 0 unspecified atom stereocenters. The van der Waals surface area contributed by atoms with E-state index in [0.29, 0.717) is 18.3 Å². The molecule has 0 bridgehead atoms. The third kappa shape index (κ3) is 6.72. The van der Waals surface area contributed by atoms with Crippen molar-refractivity contribution in [1.29, 1.82) is 0 Å². The highest BCUT2D eigenvalue weighted by atomic mass is 32.2. The van der Waals surface area contributed by atoms with Crippen molar-refractivity contribution in [2.24, 2.45) is 17.8 Å². The highest BCUT2D eigenvalue weighted by molar-refractivity contribution is 7.99. The molecule has 1 aromatic carbocycles. The van der Waals surface area contributed by atoms with Crippen molar-refractivity contribution in [3.05, 3.63) is 59.2 Å². The fraction of sp³-hybridized carbons (Fsp3) is 0.643. The fourth-order valence-electron chi connectivity index (χ4n) is 5.88. The molecule has 1 saturated carbocycles. The first kappa shape index (κ1) is 24.1. The van der Waals surface area contributed by atoms with Crippen LogP contribution >= 0.6 is 11.8 Å². The van der Waals surface area contributed by atoms with Gasteiger partial charge in [0.1, 0.15) is 0 Å². The lowest BCUT2D eigenvalue weighted by Crippen LogP contribution is -2.31. The average Bonchev–Trinajstić information content (AvgIpc) is 3.29. The molecule has 32 heavy (non-hydrogen) atoms. The van der Waals surface area contributed by atoms with Crippen molar-refractivity contribution in [1.82, 2.24) is 4.90 Å². The maximum atomic E-state index is 10.6. The molecule has 1 aliphatic heterocycles. The molecule has 1 saturated heterocycles. The van der Waals surface area contributed by atoms with Crippen LogP contribution < -0.4 is 0 Å². The maximum Gasteiger partial charge on any atom is 0.0761 e. The van der Waals surface area contributed by atoms with Gasteiger partial charge in [0.05, 0.1) is 12.2 Å². The predicted octanol–water partition coefficient (Wildman–Crippen LogP) is 5.01. The van der Waals surface area contributed by atoms with Crippen LogP contribution in [0, 0.1) is 24.7 Å². The second-order valence-electron chi connectivity index (χ2n) is 10.1. The van der Waals surface area contributed by atoms with E-state index < -0.39 is 6.10 Å². The number of nitrogens with zero attached hydrogens (tertiary/aromatic N) is 1. The molecule has 0 radical (unpaired) electrons. The summed E-state index contributed by atoms with van der Waals surface area (Å²) in [5.74, 6) is 3.68. The number of piperidine rings is 1. The third-order valence-corrected chi connectivity index (χ3v) is 8.56. The average molecular weight is 456 g/mol. The van der Waals surface area contributed by atoms with Crippen LogP contribution in [-0.2, 0) is 6.42 Å². The zero-order valence-electron chi connectivity index (χ0n) is 19.7. The summed E-state index contributed by atoms with van der Waals surface area (Å²) in [5, 5.41) is 21.1. The highest BCUT2D eigenvalue weighted by Gasteiger charge is 2.43. The standard InChI is InChI=1S/C28H41NO2S/c1-21-6-5-7-22(16-21)18-25(30)8-9-26-27-19-23(17-24(27)20-28(26)31)10-14-32-15-13-29-11-3-2-4-12-29/h5-9,16-17,24-28,30-31H,2-4,10-15,18-20H2,1H3/t24-,25+,26+,27-,28+/m0/s1. The van der Waals surface area contributed by atoms with E-state index in [1.165, 1.54) is 62.4 Å². The summed E-state index contributed by atoms with van der Waals surface area (Å²) in [5.41, 5.74) is 3.98. The van der Waals surface area contributed by atoms with E-state index in [2.05, 4.69) is 53.9 Å². The minimum Gasteiger partial charge on any atom is -0.392 e. The van der Waals surface area contributed by atoms with Crippen molar-refractivity contribution in [2.45, 2.75) is 64.1 Å². The van der Waals surface area contributed by atoms with Gasteiger partial charge in [-0.05, 0) is 75.3 Å². The summed E-state index contributed by atoms with van der Waals surface area (Å²) in [6.07, 6.45) is 13.7. The number of hydrogen-bond donors (Lipinski definition) is 2. The van der Waals surface area contributed by atoms with E-state index in [-0.39, 0.29) is 12.0 Å². The van der Waals surface area contributed by atoms with Crippen LogP contribution in [0.4, 0.5) is 0 Å². The number of fused-ring (bicyclic) bond motifs is 1. The normalized spacial score (nSPS) is 29.4. The van der Waals surface area contributed by atoms with Gasteiger partial charge < -0.3 is 15.1 Å². The topological polar surface area (TPSA) is 43.7 Å². The van der Waals surface area contributed by atoms with Gasteiger partial charge in [-0.15, -0.1) is 0 Å². The predicted molar refractivity (Wildman–Crippen MR) is 136 cm³/mol. The van der Waals surface area contributed by atoms with Gasteiger partial charge in [0.25, 0.3) is 0 Å². The number of hydrogen-bond acceptors (Lipinski definition) is 4. The molecule has 2 N–H and O–H groups in total. The summed E-state index contributed by atoms with van der Waals surface area (Å²) >= 11 is 2.10. The van der Waals surface area contributed by atoms with Crippen LogP contribution in [-0.4, -0.2) is 58.5 Å².